The summed E-state index contributed by atoms with van der Waals surface area (Å²) in [7, 11) is 1.98. The maximum Gasteiger partial charge on any atom is 0.133 e. The Labute approximate surface area is 112 Å². The Morgan fingerprint density at radius 1 is 1.59 bits per heavy atom. The molecule has 0 aromatic carbocycles. The van der Waals surface area contributed by atoms with Gasteiger partial charge in [0.15, 0.2) is 0 Å². The average Bonchev–Trinajstić information content (AvgIpc) is 2.29. The van der Waals surface area contributed by atoms with Gasteiger partial charge in [-0.05, 0) is 47.8 Å². The van der Waals surface area contributed by atoms with Crippen LogP contribution in [0.2, 0.25) is 0 Å². The van der Waals surface area contributed by atoms with Crippen molar-refractivity contribution in [2.75, 3.05) is 25.0 Å². The molecule has 1 atom stereocenters. The first kappa shape index (κ1) is 12.8. The van der Waals surface area contributed by atoms with Crippen LogP contribution in [0.4, 0.5) is 5.82 Å². The second-order valence-electron chi connectivity index (χ2n) is 4.86. The number of aromatic nitrogens is 1. The summed E-state index contributed by atoms with van der Waals surface area (Å²) in [4.78, 5) is 7.02. The quantitative estimate of drug-likeness (QED) is 0.930. The number of rotatable bonds is 3. The SMILES string of the molecule is CNCc1cc(Br)cnc1N1CCCC(C)C1. The normalized spacial score (nSPS) is 20.6. The molecule has 17 heavy (non-hydrogen) atoms. The van der Waals surface area contributed by atoms with Crippen molar-refractivity contribution >= 4 is 21.7 Å². The van der Waals surface area contributed by atoms with Crippen LogP contribution in [0.1, 0.15) is 25.3 Å². The number of anilines is 1. The van der Waals surface area contributed by atoms with Crippen LogP contribution in [0.5, 0.6) is 0 Å². The van der Waals surface area contributed by atoms with E-state index in [4.69, 9.17) is 0 Å². The van der Waals surface area contributed by atoms with Crippen molar-refractivity contribution in [2.45, 2.75) is 26.3 Å². The fourth-order valence-corrected chi connectivity index (χ4v) is 2.84. The summed E-state index contributed by atoms with van der Waals surface area (Å²) >= 11 is 3.49. The first-order chi connectivity index (χ1) is 8.20. The third-order valence-corrected chi connectivity index (χ3v) is 3.67. The van der Waals surface area contributed by atoms with E-state index in [0.717, 1.165) is 35.8 Å². The number of nitrogens with one attached hydrogen (secondary N) is 1. The van der Waals surface area contributed by atoms with Crippen molar-refractivity contribution in [1.82, 2.24) is 10.3 Å². The molecule has 1 aromatic heterocycles. The zero-order chi connectivity index (χ0) is 12.3. The van der Waals surface area contributed by atoms with Gasteiger partial charge in [0.25, 0.3) is 0 Å². The van der Waals surface area contributed by atoms with Gasteiger partial charge in [-0.1, -0.05) is 6.92 Å². The molecule has 0 bridgehead atoms. The van der Waals surface area contributed by atoms with E-state index in [1.165, 1.54) is 18.4 Å². The fourth-order valence-electron chi connectivity index (χ4n) is 2.46. The molecule has 1 fully saturated rings. The van der Waals surface area contributed by atoms with Gasteiger partial charge in [-0.15, -0.1) is 0 Å². The molecule has 94 valence electrons. The Balaban J connectivity index is 2.23. The minimum absolute atomic E-state index is 0.775. The lowest BCUT2D eigenvalue weighted by Gasteiger charge is -2.33. The average molecular weight is 298 g/mol. The second kappa shape index (κ2) is 5.83. The Morgan fingerprint density at radius 2 is 2.41 bits per heavy atom. The summed E-state index contributed by atoms with van der Waals surface area (Å²) in [6.45, 7) is 5.45. The molecule has 1 aromatic rings. The first-order valence-electron chi connectivity index (χ1n) is 6.24. The molecule has 2 heterocycles. The van der Waals surface area contributed by atoms with Crippen molar-refractivity contribution in [3.8, 4) is 0 Å². The van der Waals surface area contributed by atoms with Crippen LogP contribution in [0.25, 0.3) is 0 Å². The predicted octanol–water partition coefficient (Wildman–Crippen LogP) is 2.80. The van der Waals surface area contributed by atoms with Crippen LogP contribution in [0, 0.1) is 5.92 Å². The molecule has 1 N–H and O–H groups in total. The van der Waals surface area contributed by atoms with Gasteiger partial charge in [0.2, 0.25) is 0 Å². The van der Waals surface area contributed by atoms with Gasteiger partial charge in [-0.3, -0.25) is 0 Å². The van der Waals surface area contributed by atoms with E-state index in [2.05, 4.69) is 44.1 Å². The van der Waals surface area contributed by atoms with Gasteiger partial charge in [0, 0.05) is 35.9 Å². The Bertz CT molecular complexity index is 381. The minimum Gasteiger partial charge on any atom is -0.356 e. The molecule has 1 aliphatic rings. The van der Waals surface area contributed by atoms with E-state index in [9.17, 15) is 0 Å². The lowest BCUT2D eigenvalue weighted by Crippen LogP contribution is -2.35. The molecule has 0 saturated carbocycles. The number of pyridine rings is 1. The van der Waals surface area contributed by atoms with E-state index in [0.29, 0.717) is 0 Å². The van der Waals surface area contributed by atoms with E-state index >= 15 is 0 Å². The van der Waals surface area contributed by atoms with Crippen LogP contribution >= 0.6 is 15.9 Å². The molecular weight excluding hydrogens is 278 g/mol. The van der Waals surface area contributed by atoms with Gasteiger partial charge in [-0.25, -0.2) is 4.98 Å². The smallest absolute Gasteiger partial charge is 0.133 e. The highest BCUT2D eigenvalue weighted by Crippen LogP contribution is 2.26. The maximum atomic E-state index is 4.59. The van der Waals surface area contributed by atoms with Crippen LogP contribution in [-0.2, 0) is 6.54 Å². The zero-order valence-corrected chi connectivity index (χ0v) is 12.1. The highest BCUT2D eigenvalue weighted by atomic mass is 79.9. The highest BCUT2D eigenvalue weighted by molar-refractivity contribution is 9.10. The van der Waals surface area contributed by atoms with Crippen LogP contribution in [-0.4, -0.2) is 25.1 Å². The molecule has 2 rings (SSSR count). The molecule has 0 spiro atoms. The standard InChI is InChI=1S/C13H20BrN3/c1-10-4-3-5-17(9-10)13-11(7-15-2)6-12(14)8-16-13/h6,8,10,15H,3-5,7,9H2,1-2H3. The Kier molecular flexibility index (Phi) is 4.40. The lowest BCUT2D eigenvalue weighted by molar-refractivity contribution is 0.443. The van der Waals surface area contributed by atoms with Crippen molar-refractivity contribution in [3.05, 3.63) is 22.3 Å². The molecule has 0 aliphatic carbocycles. The van der Waals surface area contributed by atoms with Crippen LogP contribution in [0.15, 0.2) is 16.7 Å². The summed E-state index contributed by atoms with van der Waals surface area (Å²) in [6.07, 6.45) is 4.51. The van der Waals surface area contributed by atoms with Crippen LogP contribution < -0.4 is 10.2 Å². The topological polar surface area (TPSA) is 28.2 Å². The molecule has 1 saturated heterocycles. The highest BCUT2D eigenvalue weighted by Gasteiger charge is 2.19. The van der Waals surface area contributed by atoms with E-state index < -0.39 is 0 Å². The molecule has 0 amide bonds. The van der Waals surface area contributed by atoms with Gasteiger partial charge >= 0.3 is 0 Å². The van der Waals surface area contributed by atoms with Crippen molar-refractivity contribution in [3.63, 3.8) is 0 Å². The Morgan fingerprint density at radius 3 is 3.12 bits per heavy atom. The molecule has 0 radical (unpaired) electrons. The molecule has 1 unspecified atom stereocenters. The summed E-state index contributed by atoms with van der Waals surface area (Å²) in [6, 6.07) is 2.16. The first-order valence-corrected chi connectivity index (χ1v) is 7.04. The van der Waals surface area contributed by atoms with Crippen molar-refractivity contribution in [1.29, 1.82) is 0 Å². The lowest BCUT2D eigenvalue weighted by atomic mass is 10.00. The maximum absolute atomic E-state index is 4.59. The van der Waals surface area contributed by atoms with Gasteiger partial charge in [0.05, 0.1) is 0 Å². The third kappa shape index (κ3) is 3.19. The summed E-state index contributed by atoms with van der Waals surface area (Å²) < 4.78 is 1.05. The fraction of sp³-hybridized carbons (Fsp3) is 0.615. The summed E-state index contributed by atoms with van der Waals surface area (Å²) in [5.74, 6) is 1.92. The minimum atomic E-state index is 0.775. The molecular formula is C13H20BrN3. The van der Waals surface area contributed by atoms with Crippen LogP contribution in [0.3, 0.4) is 0 Å². The van der Waals surface area contributed by atoms with Crippen molar-refractivity contribution in [2.24, 2.45) is 5.92 Å². The zero-order valence-electron chi connectivity index (χ0n) is 10.5. The molecule has 3 nitrogen and oxygen atoms in total. The predicted molar refractivity (Wildman–Crippen MR) is 75.3 cm³/mol. The van der Waals surface area contributed by atoms with Crippen molar-refractivity contribution < 1.29 is 0 Å². The second-order valence-corrected chi connectivity index (χ2v) is 5.78. The van der Waals surface area contributed by atoms with E-state index in [-0.39, 0.29) is 0 Å². The van der Waals surface area contributed by atoms with Gasteiger partial charge < -0.3 is 10.2 Å². The monoisotopic (exact) mass is 297 g/mol. The number of halogens is 1. The van der Waals surface area contributed by atoms with E-state index in [1.807, 2.05) is 13.2 Å². The molecule has 1 aliphatic heterocycles. The number of hydrogen-bond donors (Lipinski definition) is 1. The van der Waals surface area contributed by atoms with E-state index in [1.54, 1.807) is 0 Å². The summed E-state index contributed by atoms with van der Waals surface area (Å²) in [5.41, 5.74) is 1.27. The number of hydrogen-bond acceptors (Lipinski definition) is 3. The summed E-state index contributed by atoms with van der Waals surface area (Å²) in [5, 5.41) is 3.21. The molecule has 4 heteroatoms. The third-order valence-electron chi connectivity index (χ3n) is 3.23. The largest absolute Gasteiger partial charge is 0.356 e. The number of piperidine rings is 1. The Hall–Kier alpha value is -0.610. The number of nitrogens with zero attached hydrogens (tertiary/aromatic N) is 2. The van der Waals surface area contributed by atoms with Gasteiger partial charge in [0.1, 0.15) is 5.82 Å². The van der Waals surface area contributed by atoms with Gasteiger partial charge in [-0.2, -0.15) is 0 Å².